The lowest BCUT2D eigenvalue weighted by Crippen LogP contribution is -2.28. The van der Waals surface area contributed by atoms with Gasteiger partial charge in [-0.05, 0) is 49.9 Å². The summed E-state index contributed by atoms with van der Waals surface area (Å²) in [6.45, 7) is 2.30. The number of halogens is 1. The number of hydrogen-bond donors (Lipinski definition) is 1. The molecule has 2 nitrogen and oxygen atoms in total. The van der Waals surface area contributed by atoms with Crippen molar-refractivity contribution in [3.8, 4) is 0 Å². The van der Waals surface area contributed by atoms with Crippen molar-refractivity contribution in [2.45, 2.75) is 19.3 Å². The predicted molar refractivity (Wildman–Crippen MR) is 58.5 cm³/mol. The van der Waals surface area contributed by atoms with E-state index in [1.165, 1.54) is 18.4 Å². The standard InChI is InChI=1S/C11H15ClN2/c12-11-6-10(7-14-8-11)5-9-1-3-13-4-2-9/h6-9,13H,1-5H2. The summed E-state index contributed by atoms with van der Waals surface area (Å²) in [5.41, 5.74) is 1.27. The van der Waals surface area contributed by atoms with Crippen LogP contribution in [0.2, 0.25) is 5.02 Å². The van der Waals surface area contributed by atoms with Crippen molar-refractivity contribution < 1.29 is 0 Å². The molecule has 0 amide bonds. The normalized spacial score (nSPS) is 18.4. The Morgan fingerprint density at radius 2 is 2.14 bits per heavy atom. The third-order valence-corrected chi connectivity index (χ3v) is 2.95. The van der Waals surface area contributed by atoms with Crippen LogP contribution in [0.5, 0.6) is 0 Å². The minimum atomic E-state index is 0.747. The van der Waals surface area contributed by atoms with E-state index >= 15 is 0 Å². The third kappa shape index (κ3) is 2.69. The molecule has 14 heavy (non-hydrogen) atoms. The van der Waals surface area contributed by atoms with Crippen molar-refractivity contribution >= 4 is 11.6 Å². The molecule has 1 N–H and O–H groups in total. The Kier molecular flexibility index (Phi) is 3.38. The van der Waals surface area contributed by atoms with Crippen LogP contribution in [-0.2, 0) is 6.42 Å². The number of piperidine rings is 1. The number of pyridine rings is 1. The van der Waals surface area contributed by atoms with Gasteiger partial charge in [0.15, 0.2) is 0 Å². The van der Waals surface area contributed by atoms with Crippen LogP contribution in [0.25, 0.3) is 0 Å². The van der Waals surface area contributed by atoms with Crippen LogP contribution in [0.15, 0.2) is 18.5 Å². The molecule has 76 valence electrons. The topological polar surface area (TPSA) is 24.9 Å². The number of hydrogen-bond acceptors (Lipinski definition) is 2. The zero-order chi connectivity index (χ0) is 9.80. The monoisotopic (exact) mass is 210 g/mol. The molecule has 1 aliphatic heterocycles. The lowest BCUT2D eigenvalue weighted by atomic mass is 9.92. The van der Waals surface area contributed by atoms with Gasteiger partial charge in [-0.15, -0.1) is 0 Å². The van der Waals surface area contributed by atoms with Gasteiger partial charge in [0.2, 0.25) is 0 Å². The molecule has 0 radical (unpaired) electrons. The zero-order valence-corrected chi connectivity index (χ0v) is 8.93. The van der Waals surface area contributed by atoms with Crippen molar-refractivity contribution in [3.63, 3.8) is 0 Å². The summed E-state index contributed by atoms with van der Waals surface area (Å²) in [7, 11) is 0. The van der Waals surface area contributed by atoms with Crippen molar-refractivity contribution in [2.24, 2.45) is 5.92 Å². The summed E-state index contributed by atoms with van der Waals surface area (Å²) in [4.78, 5) is 4.10. The molecule has 1 fully saturated rings. The Bertz CT molecular complexity index is 295. The van der Waals surface area contributed by atoms with Gasteiger partial charge in [-0.1, -0.05) is 11.6 Å². The summed E-state index contributed by atoms with van der Waals surface area (Å²) in [6.07, 6.45) is 7.27. The Labute approximate surface area is 89.7 Å². The second kappa shape index (κ2) is 4.76. The van der Waals surface area contributed by atoms with Gasteiger partial charge in [0.25, 0.3) is 0 Å². The highest BCUT2D eigenvalue weighted by molar-refractivity contribution is 6.30. The van der Waals surface area contributed by atoms with Crippen LogP contribution in [0, 0.1) is 5.92 Å². The first-order valence-electron chi connectivity index (χ1n) is 5.15. The third-order valence-electron chi connectivity index (χ3n) is 2.74. The van der Waals surface area contributed by atoms with Crippen LogP contribution < -0.4 is 5.32 Å². The molecule has 1 aliphatic rings. The first-order valence-corrected chi connectivity index (χ1v) is 5.52. The molecule has 0 unspecified atom stereocenters. The smallest absolute Gasteiger partial charge is 0.0592 e. The van der Waals surface area contributed by atoms with Crippen molar-refractivity contribution in [2.75, 3.05) is 13.1 Å². The minimum absolute atomic E-state index is 0.747. The van der Waals surface area contributed by atoms with E-state index in [1.54, 1.807) is 6.20 Å². The first-order chi connectivity index (χ1) is 6.84. The molecule has 3 heteroatoms. The summed E-state index contributed by atoms with van der Waals surface area (Å²) >= 11 is 5.89. The fourth-order valence-electron chi connectivity index (χ4n) is 1.99. The molecule has 1 aromatic rings. The molecule has 1 aromatic heterocycles. The van der Waals surface area contributed by atoms with Gasteiger partial charge in [-0.3, -0.25) is 4.98 Å². The molecule has 2 heterocycles. The summed E-state index contributed by atoms with van der Waals surface area (Å²) in [5, 5.41) is 4.12. The summed E-state index contributed by atoms with van der Waals surface area (Å²) in [5.74, 6) is 0.802. The molecule has 2 rings (SSSR count). The molecular formula is C11H15ClN2. The Balaban J connectivity index is 1.95. The Hall–Kier alpha value is -0.600. The van der Waals surface area contributed by atoms with Gasteiger partial charge < -0.3 is 5.32 Å². The average molecular weight is 211 g/mol. The Morgan fingerprint density at radius 1 is 1.36 bits per heavy atom. The minimum Gasteiger partial charge on any atom is -0.317 e. The van der Waals surface area contributed by atoms with E-state index in [0.717, 1.165) is 30.5 Å². The first kappa shape index (κ1) is 9.94. The van der Waals surface area contributed by atoms with E-state index in [-0.39, 0.29) is 0 Å². The summed E-state index contributed by atoms with van der Waals surface area (Å²) in [6, 6.07) is 2.02. The maximum Gasteiger partial charge on any atom is 0.0592 e. The fourth-order valence-corrected chi connectivity index (χ4v) is 2.18. The van der Waals surface area contributed by atoms with E-state index in [0.29, 0.717) is 0 Å². The van der Waals surface area contributed by atoms with E-state index in [1.807, 2.05) is 12.3 Å². The second-order valence-electron chi connectivity index (χ2n) is 3.91. The average Bonchev–Trinajstić information content (AvgIpc) is 2.19. The van der Waals surface area contributed by atoms with Crippen LogP contribution >= 0.6 is 11.6 Å². The highest BCUT2D eigenvalue weighted by atomic mass is 35.5. The SMILES string of the molecule is Clc1cncc(CC2CCNCC2)c1. The van der Waals surface area contributed by atoms with Gasteiger partial charge in [-0.25, -0.2) is 0 Å². The van der Waals surface area contributed by atoms with E-state index < -0.39 is 0 Å². The maximum atomic E-state index is 5.89. The number of nitrogens with zero attached hydrogens (tertiary/aromatic N) is 1. The van der Waals surface area contributed by atoms with Crippen LogP contribution in [0.4, 0.5) is 0 Å². The number of aromatic nitrogens is 1. The molecular weight excluding hydrogens is 196 g/mol. The van der Waals surface area contributed by atoms with Crippen LogP contribution in [-0.4, -0.2) is 18.1 Å². The molecule has 0 saturated carbocycles. The number of rotatable bonds is 2. The van der Waals surface area contributed by atoms with Crippen LogP contribution in [0.3, 0.4) is 0 Å². The predicted octanol–water partition coefficient (Wildman–Crippen LogP) is 2.28. The summed E-state index contributed by atoms with van der Waals surface area (Å²) < 4.78 is 0. The largest absolute Gasteiger partial charge is 0.317 e. The van der Waals surface area contributed by atoms with Gasteiger partial charge in [0, 0.05) is 12.4 Å². The molecule has 0 atom stereocenters. The van der Waals surface area contributed by atoms with Crippen molar-refractivity contribution in [1.29, 1.82) is 0 Å². The van der Waals surface area contributed by atoms with Crippen molar-refractivity contribution in [3.05, 3.63) is 29.0 Å². The fraction of sp³-hybridized carbons (Fsp3) is 0.545. The molecule has 0 aliphatic carbocycles. The zero-order valence-electron chi connectivity index (χ0n) is 8.17. The van der Waals surface area contributed by atoms with Gasteiger partial charge >= 0.3 is 0 Å². The van der Waals surface area contributed by atoms with Gasteiger partial charge in [0.05, 0.1) is 5.02 Å². The highest BCUT2D eigenvalue weighted by Gasteiger charge is 2.13. The highest BCUT2D eigenvalue weighted by Crippen LogP contribution is 2.19. The van der Waals surface area contributed by atoms with E-state index in [4.69, 9.17) is 11.6 Å². The van der Waals surface area contributed by atoms with Crippen LogP contribution in [0.1, 0.15) is 18.4 Å². The molecule has 0 aromatic carbocycles. The lowest BCUT2D eigenvalue weighted by molar-refractivity contribution is 0.372. The molecule has 1 saturated heterocycles. The van der Waals surface area contributed by atoms with Crippen molar-refractivity contribution in [1.82, 2.24) is 10.3 Å². The second-order valence-corrected chi connectivity index (χ2v) is 4.35. The van der Waals surface area contributed by atoms with Gasteiger partial charge in [-0.2, -0.15) is 0 Å². The maximum absolute atomic E-state index is 5.89. The van der Waals surface area contributed by atoms with Gasteiger partial charge in [0.1, 0.15) is 0 Å². The molecule has 0 spiro atoms. The molecule has 0 bridgehead atoms. The van der Waals surface area contributed by atoms with E-state index in [9.17, 15) is 0 Å². The quantitative estimate of drug-likeness (QED) is 0.810. The lowest BCUT2D eigenvalue weighted by Gasteiger charge is -2.22. The van der Waals surface area contributed by atoms with E-state index in [2.05, 4.69) is 10.3 Å². The number of nitrogens with one attached hydrogen (secondary N) is 1. The Morgan fingerprint density at radius 3 is 2.86 bits per heavy atom.